The van der Waals surface area contributed by atoms with Gasteiger partial charge in [0.15, 0.2) is 0 Å². The maximum absolute atomic E-state index is 11.2. The van der Waals surface area contributed by atoms with E-state index in [0.717, 1.165) is 11.4 Å². The largest absolute Gasteiger partial charge is 0.392 e. The van der Waals surface area contributed by atoms with Crippen molar-refractivity contribution in [2.24, 2.45) is 0 Å². The molecule has 21 heavy (non-hydrogen) atoms. The lowest BCUT2D eigenvalue weighted by Crippen LogP contribution is -2.18. The molecule has 2 rings (SSSR count). The molecular weight excluding hydrogens is 270 g/mol. The minimum atomic E-state index is -0.436. The summed E-state index contributed by atoms with van der Waals surface area (Å²) in [5, 5.41) is 20.3. The maximum atomic E-state index is 11.2. The van der Waals surface area contributed by atoms with Crippen molar-refractivity contribution in [2.45, 2.75) is 20.1 Å². The minimum absolute atomic E-state index is 0.0169. The molecule has 0 saturated carbocycles. The van der Waals surface area contributed by atoms with Gasteiger partial charge in [-0.25, -0.2) is 0 Å². The van der Waals surface area contributed by atoms with Crippen molar-refractivity contribution in [1.82, 2.24) is 4.98 Å². The second-order valence-electron chi connectivity index (χ2n) is 4.86. The molecule has 6 heteroatoms. The number of nitro groups is 1. The van der Waals surface area contributed by atoms with Crippen LogP contribution in [0.1, 0.15) is 17.0 Å². The number of aliphatic hydroxyl groups is 1. The van der Waals surface area contributed by atoms with Crippen LogP contribution in [-0.4, -0.2) is 22.1 Å². The molecule has 0 aliphatic heterocycles. The van der Waals surface area contributed by atoms with Crippen LogP contribution in [0.25, 0.3) is 0 Å². The monoisotopic (exact) mass is 287 g/mol. The molecule has 1 aromatic heterocycles. The first-order chi connectivity index (χ1) is 10.0. The van der Waals surface area contributed by atoms with E-state index < -0.39 is 4.92 Å². The van der Waals surface area contributed by atoms with Crippen LogP contribution in [-0.2, 0) is 13.2 Å². The highest BCUT2D eigenvalue weighted by molar-refractivity contribution is 5.64. The number of anilines is 1. The summed E-state index contributed by atoms with van der Waals surface area (Å²) in [6.45, 7) is 2.16. The van der Waals surface area contributed by atoms with E-state index in [0.29, 0.717) is 17.8 Å². The predicted molar refractivity (Wildman–Crippen MR) is 80.1 cm³/mol. The summed E-state index contributed by atoms with van der Waals surface area (Å²) in [4.78, 5) is 16.9. The topological polar surface area (TPSA) is 79.5 Å². The Morgan fingerprint density at radius 3 is 2.71 bits per heavy atom. The van der Waals surface area contributed by atoms with Gasteiger partial charge in [-0.2, -0.15) is 0 Å². The summed E-state index contributed by atoms with van der Waals surface area (Å²) < 4.78 is 0. The minimum Gasteiger partial charge on any atom is -0.392 e. The number of aliphatic hydroxyl groups excluding tert-OH is 1. The Morgan fingerprint density at radius 1 is 1.33 bits per heavy atom. The van der Waals surface area contributed by atoms with Gasteiger partial charge in [0, 0.05) is 18.8 Å². The molecule has 0 aliphatic rings. The summed E-state index contributed by atoms with van der Waals surface area (Å²) in [7, 11) is 1.78. The molecule has 1 heterocycles. The van der Waals surface area contributed by atoms with E-state index in [1.807, 2.05) is 25.1 Å². The van der Waals surface area contributed by atoms with Crippen molar-refractivity contribution < 1.29 is 10.0 Å². The summed E-state index contributed by atoms with van der Waals surface area (Å²) in [5.74, 6) is 0. The molecule has 1 N–H and O–H groups in total. The number of aromatic nitrogens is 1. The molecule has 110 valence electrons. The molecule has 2 aromatic rings. The first kappa shape index (κ1) is 14.9. The van der Waals surface area contributed by atoms with Gasteiger partial charge in [-0.05, 0) is 30.7 Å². The Kier molecular flexibility index (Phi) is 4.49. The van der Waals surface area contributed by atoms with Crippen LogP contribution in [0.3, 0.4) is 0 Å². The van der Waals surface area contributed by atoms with Gasteiger partial charge < -0.3 is 10.0 Å². The molecule has 0 aliphatic carbocycles. The highest BCUT2D eigenvalue weighted by Gasteiger charge is 2.18. The normalized spacial score (nSPS) is 10.4. The van der Waals surface area contributed by atoms with Crippen LogP contribution in [0.15, 0.2) is 36.4 Å². The Morgan fingerprint density at radius 2 is 2.10 bits per heavy atom. The lowest BCUT2D eigenvalue weighted by atomic mass is 10.1. The molecule has 0 saturated heterocycles. The van der Waals surface area contributed by atoms with E-state index in [-0.39, 0.29) is 12.3 Å². The lowest BCUT2D eigenvalue weighted by Gasteiger charge is -2.19. The van der Waals surface area contributed by atoms with Crippen LogP contribution in [0.2, 0.25) is 0 Å². The third kappa shape index (κ3) is 3.55. The van der Waals surface area contributed by atoms with Gasteiger partial charge in [-0.1, -0.05) is 12.1 Å². The second kappa shape index (κ2) is 6.32. The van der Waals surface area contributed by atoms with Crippen molar-refractivity contribution in [1.29, 1.82) is 0 Å². The van der Waals surface area contributed by atoms with E-state index in [2.05, 4.69) is 4.98 Å². The molecule has 6 nitrogen and oxygen atoms in total. The smallest absolute Gasteiger partial charge is 0.292 e. The second-order valence-corrected chi connectivity index (χ2v) is 4.86. The number of nitrogens with zero attached hydrogens (tertiary/aromatic N) is 3. The van der Waals surface area contributed by atoms with Gasteiger partial charge in [0.25, 0.3) is 5.69 Å². The van der Waals surface area contributed by atoms with E-state index in [1.54, 1.807) is 24.1 Å². The van der Waals surface area contributed by atoms with Gasteiger partial charge in [0.05, 0.1) is 23.8 Å². The molecule has 0 fully saturated rings. The standard InChI is InChI=1S/C15H17N3O3/c1-11-4-3-5-13(16-11)9-17(2)14-7-6-12(10-19)8-15(14)18(20)21/h3-8,19H,9-10H2,1-2H3. The van der Waals surface area contributed by atoms with Gasteiger partial charge in [-0.3, -0.25) is 15.1 Å². The van der Waals surface area contributed by atoms with E-state index >= 15 is 0 Å². The summed E-state index contributed by atoms with van der Waals surface area (Å²) >= 11 is 0. The van der Waals surface area contributed by atoms with E-state index in [9.17, 15) is 10.1 Å². The molecule has 0 bridgehead atoms. The summed E-state index contributed by atoms with van der Waals surface area (Å²) in [6.07, 6.45) is 0. The summed E-state index contributed by atoms with van der Waals surface area (Å²) in [5.41, 5.74) is 2.76. The molecule has 0 atom stereocenters. The van der Waals surface area contributed by atoms with Crippen molar-refractivity contribution in [2.75, 3.05) is 11.9 Å². The zero-order chi connectivity index (χ0) is 15.4. The Bertz CT molecular complexity index is 658. The fourth-order valence-corrected chi connectivity index (χ4v) is 2.15. The number of benzene rings is 1. The van der Waals surface area contributed by atoms with Crippen LogP contribution in [0.5, 0.6) is 0 Å². The number of nitro benzene ring substituents is 1. The van der Waals surface area contributed by atoms with Crippen molar-refractivity contribution >= 4 is 11.4 Å². The molecule has 0 amide bonds. The average molecular weight is 287 g/mol. The third-order valence-electron chi connectivity index (χ3n) is 3.18. The van der Waals surface area contributed by atoms with Gasteiger partial charge in [0.1, 0.15) is 5.69 Å². The number of pyridine rings is 1. The van der Waals surface area contributed by atoms with Crippen molar-refractivity contribution in [3.8, 4) is 0 Å². The predicted octanol–water partition coefficient (Wildman–Crippen LogP) is 2.43. The Balaban J connectivity index is 2.30. The van der Waals surface area contributed by atoms with Crippen LogP contribution in [0.4, 0.5) is 11.4 Å². The fraction of sp³-hybridized carbons (Fsp3) is 0.267. The highest BCUT2D eigenvalue weighted by Crippen LogP contribution is 2.29. The van der Waals surface area contributed by atoms with E-state index in [1.165, 1.54) is 6.07 Å². The average Bonchev–Trinajstić information content (AvgIpc) is 2.46. The maximum Gasteiger partial charge on any atom is 0.292 e. The SMILES string of the molecule is Cc1cccc(CN(C)c2ccc(CO)cc2[N+](=O)[O-])n1. The molecule has 1 aromatic carbocycles. The molecule has 0 spiro atoms. The van der Waals surface area contributed by atoms with Crippen LogP contribution < -0.4 is 4.90 Å². The number of aryl methyl sites for hydroxylation is 1. The Labute approximate surface area is 122 Å². The zero-order valence-electron chi connectivity index (χ0n) is 12.0. The fourth-order valence-electron chi connectivity index (χ4n) is 2.15. The zero-order valence-corrected chi connectivity index (χ0v) is 12.0. The van der Waals surface area contributed by atoms with Crippen molar-refractivity contribution in [3.63, 3.8) is 0 Å². The quantitative estimate of drug-likeness (QED) is 0.675. The number of hydrogen-bond donors (Lipinski definition) is 1. The lowest BCUT2D eigenvalue weighted by molar-refractivity contribution is -0.384. The van der Waals surface area contributed by atoms with Crippen LogP contribution in [0, 0.1) is 17.0 Å². The first-order valence-corrected chi connectivity index (χ1v) is 6.53. The van der Waals surface area contributed by atoms with Crippen LogP contribution >= 0.6 is 0 Å². The van der Waals surface area contributed by atoms with Gasteiger partial charge in [0.2, 0.25) is 0 Å². The molecular formula is C15H17N3O3. The third-order valence-corrected chi connectivity index (χ3v) is 3.18. The molecule has 0 radical (unpaired) electrons. The molecule has 0 unspecified atom stereocenters. The number of hydrogen-bond acceptors (Lipinski definition) is 5. The van der Waals surface area contributed by atoms with Gasteiger partial charge >= 0.3 is 0 Å². The van der Waals surface area contributed by atoms with Gasteiger partial charge in [-0.15, -0.1) is 0 Å². The Hall–Kier alpha value is -2.47. The number of rotatable bonds is 5. The highest BCUT2D eigenvalue weighted by atomic mass is 16.6. The van der Waals surface area contributed by atoms with E-state index in [4.69, 9.17) is 5.11 Å². The summed E-state index contributed by atoms with van der Waals surface area (Å²) in [6, 6.07) is 10.4. The van der Waals surface area contributed by atoms with Crippen molar-refractivity contribution in [3.05, 3.63) is 63.5 Å². The first-order valence-electron chi connectivity index (χ1n) is 6.53.